The first-order chi connectivity index (χ1) is 11.9. The highest BCUT2D eigenvalue weighted by atomic mass is 19.4. The number of fused-ring (bicyclic) bond motifs is 1. The van der Waals surface area contributed by atoms with Gasteiger partial charge in [-0.05, 0) is 17.2 Å². The van der Waals surface area contributed by atoms with Gasteiger partial charge >= 0.3 is 12.1 Å². The Morgan fingerprint density at radius 1 is 1.04 bits per heavy atom. The molecular weight excluding hydrogens is 333 g/mol. The second-order valence-corrected chi connectivity index (χ2v) is 5.58. The summed E-state index contributed by atoms with van der Waals surface area (Å²) in [6.07, 6.45) is -4.46. The Bertz CT molecular complexity index is 853. The zero-order valence-corrected chi connectivity index (χ0v) is 13.6. The van der Waals surface area contributed by atoms with Crippen LogP contribution in [0.4, 0.5) is 13.2 Å². The van der Waals surface area contributed by atoms with Gasteiger partial charge in [0.2, 0.25) is 0 Å². The van der Waals surface area contributed by atoms with Crippen LogP contribution in [-0.2, 0) is 20.4 Å². The van der Waals surface area contributed by atoms with Crippen LogP contribution < -0.4 is 0 Å². The average Bonchev–Trinajstić information content (AvgIpc) is 2.94. The molecule has 0 N–H and O–H groups in total. The van der Waals surface area contributed by atoms with E-state index in [1.54, 1.807) is 30.3 Å². The van der Waals surface area contributed by atoms with E-state index in [0.717, 1.165) is 12.1 Å². The van der Waals surface area contributed by atoms with Gasteiger partial charge in [0.15, 0.2) is 0 Å². The van der Waals surface area contributed by atoms with Gasteiger partial charge in [-0.25, -0.2) is 4.79 Å². The molecule has 0 saturated heterocycles. The summed E-state index contributed by atoms with van der Waals surface area (Å²) in [5.41, 5.74) is 1.17. The molecule has 1 aliphatic carbocycles. The summed E-state index contributed by atoms with van der Waals surface area (Å²) in [4.78, 5) is 12.3. The van der Waals surface area contributed by atoms with Gasteiger partial charge < -0.3 is 9.47 Å². The average molecular weight is 348 g/mol. The van der Waals surface area contributed by atoms with E-state index in [2.05, 4.69) is 0 Å². The molecule has 1 atom stereocenters. The number of hydrogen-bond acceptors (Lipinski definition) is 3. The van der Waals surface area contributed by atoms with E-state index in [9.17, 15) is 18.0 Å². The lowest BCUT2D eigenvalue weighted by molar-refractivity contribution is -0.137. The first kappa shape index (κ1) is 17.1. The van der Waals surface area contributed by atoms with Crippen LogP contribution in [0.15, 0.2) is 54.1 Å². The second-order valence-electron chi connectivity index (χ2n) is 5.58. The van der Waals surface area contributed by atoms with Crippen molar-refractivity contribution in [1.82, 2.24) is 0 Å². The lowest BCUT2D eigenvalue weighted by Gasteiger charge is -2.17. The van der Waals surface area contributed by atoms with E-state index < -0.39 is 23.6 Å². The van der Waals surface area contributed by atoms with Crippen molar-refractivity contribution in [1.29, 1.82) is 0 Å². The monoisotopic (exact) mass is 348 g/mol. The summed E-state index contributed by atoms with van der Waals surface area (Å²) in [6, 6.07) is 12.1. The van der Waals surface area contributed by atoms with Crippen molar-refractivity contribution in [3.63, 3.8) is 0 Å². The molecule has 1 unspecified atom stereocenters. The number of methoxy groups -OCH3 is 2. The number of esters is 1. The third kappa shape index (κ3) is 2.88. The second kappa shape index (κ2) is 6.27. The predicted molar refractivity (Wildman–Crippen MR) is 85.7 cm³/mol. The highest BCUT2D eigenvalue weighted by molar-refractivity contribution is 6.02. The number of alkyl halides is 3. The van der Waals surface area contributed by atoms with Crippen molar-refractivity contribution < 1.29 is 27.4 Å². The Labute approximate surface area is 142 Å². The molecule has 3 nitrogen and oxygen atoms in total. The molecule has 2 aromatic rings. The van der Waals surface area contributed by atoms with Crippen LogP contribution in [0.25, 0.3) is 5.76 Å². The minimum Gasteiger partial charge on any atom is -0.496 e. The summed E-state index contributed by atoms with van der Waals surface area (Å²) in [5.74, 6) is -0.985. The van der Waals surface area contributed by atoms with Crippen LogP contribution in [0.5, 0.6) is 0 Å². The molecule has 0 radical (unpaired) electrons. The number of hydrogen-bond donors (Lipinski definition) is 0. The van der Waals surface area contributed by atoms with E-state index in [4.69, 9.17) is 9.47 Å². The van der Waals surface area contributed by atoms with Crippen molar-refractivity contribution in [2.24, 2.45) is 0 Å². The normalized spacial score (nSPS) is 16.6. The van der Waals surface area contributed by atoms with Crippen LogP contribution in [0.3, 0.4) is 0 Å². The third-order valence-electron chi connectivity index (χ3n) is 4.21. The zero-order chi connectivity index (χ0) is 18.2. The molecule has 0 fully saturated rings. The van der Waals surface area contributed by atoms with E-state index >= 15 is 0 Å². The lowest BCUT2D eigenvalue weighted by Crippen LogP contribution is -2.14. The minimum atomic E-state index is -4.46. The summed E-state index contributed by atoms with van der Waals surface area (Å²) in [5, 5.41) is 0. The zero-order valence-electron chi connectivity index (χ0n) is 13.6. The van der Waals surface area contributed by atoms with E-state index in [-0.39, 0.29) is 5.57 Å². The fourth-order valence-electron chi connectivity index (χ4n) is 3.17. The fourth-order valence-corrected chi connectivity index (χ4v) is 3.17. The van der Waals surface area contributed by atoms with Crippen molar-refractivity contribution in [3.05, 3.63) is 76.4 Å². The topological polar surface area (TPSA) is 35.5 Å². The fraction of sp³-hybridized carbons (Fsp3) is 0.211. The van der Waals surface area contributed by atoms with Gasteiger partial charge in [0.1, 0.15) is 5.76 Å². The van der Waals surface area contributed by atoms with Crippen LogP contribution >= 0.6 is 0 Å². The molecule has 0 heterocycles. The largest absolute Gasteiger partial charge is 0.496 e. The Balaban J connectivity index is 2.23. The Kier molecular flexibility index (Phi) is 4.29. The van der Waals surface area contributed by atoms with E-state index in [1.165, 1.54) is 20.3 Å². The molecule has 130 valence electrons. The molecule has 1 aliphatic rings. The maximum absolute atomic E-state index is 13.1. The quantitative estimate of drug-likeness (QED) is 0.772. The van der Waals surface area contributed by atoms with Crippen molar-refractivity contribution in [2.45, 2.75) is 12.1 Å². The van der Waals surface area contributed by atoms with Gasteiger partial charge in [0, 0.05) is 11.5 Å². The molecule has 0 aliphatic heterocycles. The Morgan fingerprint density at radius 2 is 1.76 bits per heavy atom. The van der Waals surface area contributed by atoms with Gasteiger partial charge in [-0.3, -0.25) is 0 Å². The predicted octanol–water partition coefficient (Wildman–Crippen LogP) is 4.38. The first-order valence-electron chi connectivity index (χ1n) is 7.51. The molecule has 0 amide bonds. The number of carbonyl (C=O) groups is 1. The van der Waals surface area contributed by atoms with Crippen LogP contribution in [0.2, 0.25) is 0 Å². The van der Waals surface area contributed by atoms with Gasteiger partial charge in [-0.1, -0.05) is 42.5 Å². The third-order valence-corrected chi connectivity index (χ3v) is 4.21. The standard InChI is InChI=1S/C19H15F3O3/c1-24-17-14-9-4-3-8-13(14)15(16(17)18(23)25-2)11-6-5-7-12(10-11)19(20,21)22/h3-10,15H,1-2H3. The highest BCUT2D eigenvalue weighted by Gasteiger charge is 2.39. The van der Waals surface area contributed by atoms with Crippen LogP contribution in [0.1, 0.15) is 28.2 Å². The molecular formula is C19H15F3O3. The molecule has 0 spiro atoms. The van der Waals surface area contributed by atoms with Crippen molar-refractivity contribution in [2.75, 3.05) is 14.2 Å². The molecule has 0 bridgehead atoms. The summed E-state index contributed by atoms with van der Waals surface area (Å²) < 4.78 is 49.5. The minimum absolute atomic E-state index is 0.200. The molecule has 2 aromatic carbocycles. The number of carbonyl (C=O) groups excluding carboxylic acids is 1. The van der Waals surface area contributed by atoms with Gasteiger partial charge in [0.25, 0.3) is 0 Å². The number of ether oxygens (including phenoxy) is 2. The highest BCUT2D eigenvalue weighted by Crippen LogP contribution is 2.47. The Morgan fingerprint density at radius 3 is 2.40 bits per heavy atom. The van der Waals surface area contributed by atoms with Crippen LogP contribution in [-0.4, -0.2) is 20.2 Å². The van der Waals surface area contributed by atoms with E-state index in [0.29, 0.717) is 22.4 Å². The van der Waals surface area contributed by atoms with Crippen molar-refractivity contribution in [3.8, 4) is 0 Å². The maximum Gasteiger partial charge on any atom is 0.416 e. The number of halogens is 3. The summed E-state index contributed by atoms with van der Waals surface area (Å²) in [6.45, 7) is 0. The lowest BCUT2D eigenvalue weighted by atomic mass is 9.87. The molecule has 0 saturated carbocycles. The molecule has 6 heteroatoms. The van der Waals surface area contributed by atoms with Crippen LogP contribution in [0, 0.1) is 0 Å². The van der Waals surface area contributed by atoms with Gasteiger partial charge in [-0.2, -0.15) is 13.2 Å². The summed E-state index contributed by atoms with van der Waals surface area (Å²) in [7, 11) is 2.65. The summed E-state index contributed by atoms with van der Waals surface area (Å²) >= 11 is 0. The number of benzene rings is 2. The molecule has 0 aromatic heterocycles. The number of rotatable bonds is 3. The van der Waals surface area contributed by atoms with Gasteiger partial charge in [0.05, 0.1) is 25.4 Å². The van der Waals surface area contributed by atoms with Crippen molar-refractivity contribution >= 4 is 11.7 Å². The first-order valence-corrected chi connectivity index (χ1v) is 7.51. The SMILES string of the molecule is COC(=O)C1=C(OC)c2ccccc2C1c1cccc(C(F)(F)F)c1. The van der Waals surface area contributed by atoms with E-state index in [1.807, 2.05) is 0 Å². The maximum atomic E-state index is 13.1. The van der Waals surface area contributed by atoms with Gasteiger partial charge in [-0.15, -0.1) is 0 Å². The smallest absolute Gasteiger partial charge is 0.416 e. The molecule has 25 heavy (non-hydrogen) atoms. The Hall–Kier alpha value is -2.76. The molecule has 3 rings (SSSR count).